The lowest BCUT2D eigenvalue weighted by Gasteiger charge is -2.28. The first-order valence-electron chi connectivity index (χ1n) is 6.91. The van der Waals surface area contributed by atoms with Crippen LogP contribution in [0.5, 0.6) is 11.5 Å². The van der Waals surface area contributed by atoms with Crippen molar-refractivity contribution in [1.29, 1.82) is 0 Å². The van der Waals surface area contributed by atoms with E-state index < -0.39 is 0 Å². The summed E-state index contributed by atoms with van der Waals surface area (Å²) in [5, 5.41) is 12.8. The molecule has 0 spiro atoms. The zero-order chi connectivity index (χ0) is 14.1. The summed E-state index contributed by atoms with van der Waals surface area (Å²) in [6.07, 6.45) is 1.01. The molecule has 1 atom stereocenters. The Hall–Kier alpha value is -2.16. The monoisotopic (exact) mass is 269 g/mol. The van der Waals surface area contributed by atoms with Crippen molar-refractivity contribution in [2.45, 2.75) is 26.4 Å². The molecule has 0 amide bonds. The molecule has 1 aliphatic rings. The van der Waals surface area contributed by atoms with E-state index in [0.29, 0.717) is 0 Å². The number of hydrogen-bond acceptors (Lipinski definition) is 3. The molecule has 0 aliphatic carbocycles. The topological polar surface area (TPSA) is 41.5 Å². The SMILES string of the molecule is Cc1ccc(CC2CNc3cc(O)ccc3O2)c(C)c1. The molecule has 2 N–H and O–H groups in total. The lowest BCUT2D eigenvalue weighted by molar-refractivity contribution is 0.206. The molecule has 1 aliphatic heterocycles. The summed E-state index contributed by atoms with van der Waals surface area (Å²) < 4.78 is 6.00. The molecule has 0 aromatic heterocycles. The Balaban J connectivity index is 1.75. The maximum absolute atomic E-state index is 9.46. The van der Waals surface area contributed by atoms with Crippen molar-refractivity contribution in [3.8, 4) is 11.5 Å². The van der Waals surface area contributed by atoms with Crippen molar-refractivity contribution >= 4 is 5.69 Å². The average molecular weight is 269 g/mol. The number of benzene rings is 2. The summed E-state index contributed by atoms with van der Waals surface area (Å²) in [6.45, 7) is 5.01. The quantitative estimate of drug-likeness (QED) is 0.877. The fourth-order valence-corrected chi connectivity index (χ4v) is 2.64. The molecule has 104 valence electrons. The molecule has 0 bridgehead atoms. The van der Waals surface area contributed by atoms with Gasteiger partial charge in [-0.2, -0.15) is 0 Å². The zero-order valence-corrected chi connectivity index (χ0v) is 11.8. The fourth-order valence-electron chi connectivity index (χ4n) is 2.64. The van der Waals surface area contributed by atoms with Crippen LogP contribution in [0.15, 0.2) is 36.4 Å². The van der Waals surface area contributed by atoms with Crippen LogP contribution in [0.4, 0.5) is 5.69 Å². The van der Waals surface area contributed by atoms with E-state index >= 15 is 0 Å². The van der Waals surface area contributed by atoms with E-state index in [9.17, 15) is 5.11 Å². The molecule has 1 unspecified atom stereocenters. The highest BCUT2D eigenvalue weighted by Crippen LogP contribution is 2.32. The molecule has 3 heteroatoms. The van der Waals surface area contributed by atoms with E-state index in [1.165, 1.54) is 16.7 Å². The van der Waals surface area contributed by atoms with Gasteiger partial charge in [-0.15, -0.1) is 0 Å². The van der Waals surface area contributed by atoms with Gasteiger partial charge in [0.05, 0.1) is 12.2 Å². The third-order valence-electron chi connectivity index (χ3n) is 3.72. The Kier molecular flexibility index (Phi) is 3.26. The highest BCUT2D eigenvalue weighted by atomic mass is 16.5. The third-order valence-corrected chi connectivity index (χ3v) is 3.72. The van der Waals surface area contributed by atoms with Crippen molar-refractivity contribution in [3.63, 3.8) is 0 Å². The summed E-state index contributed by atoms with van der Waals surface area (Å²) in [6, 6.07) is 11.7. The minimum Gasteiger partial charge on any atom is -0.508 e. The van der Waals surface area contributed by atoms with Crippen molar-refractivity contribution in [2.75, 3.05) is 11.9 Å². The van der Waals surface area contributed by atoms with Gasteiger partial charge in [0.1, 0.15) is 17.6 Å². The van der Waals surface area contributed by atoms with Crippen LogP contribution in [0, 0.1) is 13.8 Å². The van der Waals surface area contributed by atoms with Gasteiger partial charge in [-0.1, -0.05) is 23.8 Å². The molecule has 0 radical (unpaired) electrons. The van der Waals surface area contributed by atoms with Gasteiger partial charge < -0.3 is 15.2 Å². The number of aryl methyl sites for hydroxylation is 2. The van der Waals surface area contributed by atoms with Crippen molar-refractivity contribution in [3.05, 3.63) is 53.1 Å². The minimum atomic E-state index is 0.119. The smallest absolute Gasteiger partial charge is 0.143 e. The third kappa shape index (κ3) is 2.57. The molecule has 1 heterocycles. The molecule has 2 aromatic carbocycles. The van der Waals surface area contributed by atoms with Gasteiger partial charge in [0, 0.05) is 12.5 Å². The number of hydrogen-bond donors (Lipinski definition) is 2. The van der Waals surface area contributed by atoms with Gasteiger partial charge in [-0.05, 0) is 37.1 Å². The zero-order valence-electron chi connectivity index (χ0n) is 11.8. The van der Waals surface area contributed by atoms with Crippen LogP contribution < -0.4 is 10.1 Å². The van der Waals surface area contributed by atoms with Gasteiger partial charge >= 0.3 is 0 Å². The summed E-state index contributed by atoms with van der Waals surface area (Å²) in [4.78, 5) is 0. The van der Waals surface area contributed by atoms with Gasteiger partial charge in [0.2, 0.25) is 0 Å². The number of anilines is 1. The molecule has 0 saturated carbocycles. The van der Waals surface area contributed by atoms with Crippen molar-refractivity contribution < 1.29 is 9.84 Å². The molecular formula is C17H19NO2. The van der Waals surface area contributed by atoms with Gasteiger partial charge in [0.25, 0.3) is 0 Å². The molecule has 20 heavy (non-hydrogen) atoms. The summed E-state index contributed by atoms with van der Waals surface area (Å²) >= 11 is 0. The summed E-state index contributed by atoms with van der Waals surface area (Å²) in [7, 11) is 0. The van der Waals surface area contributed by atoms with Crippen LogP contribution in [-0.2, 0) is 6.42 Å². The van der Waals surface area contributed by atoms with E-state index in [4.69, 9.17) is 4.74 Å². The number of fused-ring (bicyclic) bond motifs is 1. The molecule has 0 fully saturated rings. The maximum Gasteiger partial charge on any atom is 0.143 e. The van der Waals surface area contributed by atoms with Gasteiger partial charge in [-0.3, -0.25) is 0 Å². The molecular weight excluding hydrogens is 250 g/mol. The number of ether oxygens (including phenoxy) is 1. The van der Waals surface area contributed by atoms with Crippen LogP contribution in [0.1, 0.15) is 16.7 Å². The second-order valence-corrected chi connectivity index (χ2v) is 5.44. The van der Waals surface area contributed by atoms with E-state index in [0.717, 1.165) is 24.4 Å². The van der Waals surface area contributed by atoms with Gasteiger partial charge in [0.15, 0.2) is 0 Å². The summed E-state index contributed by atoms with van der Waals surface area (Å²) in [5.74, 6) is 1.07. The highest BCUT2D eigenvalue weighted by Gasteiger charge is 2.20. The van der Waals surface area contributed by atoms with E-state index in [1.54, 1.807) is 12.1 Å². The number of aromatic hydroxyl groups is 1. The first-order chi connectivity index (χ1) is 9.61. The Labute approximate surface area is 119 Å². The Morgan fingerprint density at radius 2 is 2.05 bits per heavy atom. The lowest BCUT2D eigenvalue weighted by atomic mass is 10.00. The van der Waals surface area contributed by atoms with Gasteiger partial charge in [-0.25, -0.2) is 0 Å². The Bertz CT molecular complexity index is 637. The number of phenolic OH excluding ortho intramolecular Hbond substituents is 1. The minimum absolute atomic E-state index is 0.119. The van der Waals surface area contributed by atoms with Crippen molar-refractivity contribution in [2.24, 2.45) is 0 Å². The average Bonchev–Trinajstić information content (AvgIpc) is 2.42. The van der Waals surface area contributed by atoms with E-state index in [1.807, 2.05) is 6.07 Å². The largest absolute Gasteiger partial charge is 0.508 e. The summed E-state index contributed by atoms with van der Waals surface area (Å²) in [5.41, 5.74) is 4.78. The van der Waals surface area contributed by atoms with Crippen LogP contribution in [0.2, 0.25) is 0 Å². The molecule has 3 nitrogen and oxygen atoms in total. The second-order valence-electron chi connectivity index (χ2n) is 5.44. The van der Waals surface area contributed by atoms with Crippen LogP contribution >= 0.6 is 0 Å². The first-order valence-corrected chi connectivity index (χ1v) is 6.91. The predicted molar refractivity (Wildman–Crippen MR) is 80.6 cm³/mol. The normalized spacial score (nSPS) is 17.0. The Morgan fingerprint density at radius 1 is 1.20 bits per heavy atom. The molecule has 2 aromatic rings. The van der Waals surface area contributed by atoms with Crippen LogP contribution in [0.3, 0.4) is 0 Å². The van der Waals surface area contributed by atoms with E-state index in [-0.39, 0.29) is 11.9 Å². The fraction of sp³-hybridized carbons (Fsp3) is 0.294. The number of rotatable bonds is 2. The first kappa shape index (κ1) is 12.9. The number of phenols is 1. The highest BCUT2D eigenvalue weighted by molar-refractivity contribution is 5.60. The van der Waals surface area contributed by atoms with Crippen LogP contribution in [-0.4, -0.2) is 17.8 Å². The van der Waals surface area contributed by atoms with Crippen LogP contribution in [0.25, 0.3) is 0 Å². The maximum atomic E-state index is 9.46. The second kappa shape index (κ2) is 5.08. The standard InChI is InChI=1S/C17H19NO2/c1-11-3-4-13(12(2)7-11)8-15-10-18-16-9-14(19)5-6-17(16)20-15/h3-7,9,15,18-19H,8,10H2,1-2H3. The van der Waals surface area contributed by atoms with E-state index in [2.05, 4.69) is 37.4 Å². The predicted octanol–water partition coefficient (Wildman–Crippen LogP) is 3.42. The molecule has 3 rings (SSSR count). The molecule has 0 saturated heterocycles. The number of nitrogens with one attached hydrogen (secondary N) is 1. The lowest BCUT2D eigenvalue weighted by Crippen LogP contribution is -2.32. The van der Waals surface area contributed by atoms with Crippen molar-refractivity contribution in [1.82, 2.24) is 0 Å². The Morgan fingerprint density at radius 3 is 2.85 bits per heavy atom.